The van der Waals surface area contributed by atoms with E-state index in [9.17, 15) is 0 Å². The Morgan fingerprint density at radius 1 is 0.594 bits per heavy atom. The predicted molar refractivity (Wildman–Crippen MR) is 146 cm³/mol. The van der Waals surface area contributed by atoms with Gasteiger partial charge in [-0.25, -0.2) is 0 Å². The van der Waals surface area contributed by atoms with Gasteiger partial charge in [0.15, 0.2) is 0 Å². The molecule has 0 spiro atoms. The van der Waals surface area contributed by atoms with Gasteiger partial charge in [0.05, 0.1) is 11.1 Å². The first-order valence-corrected chi connectivity index (χ1v) is 14.0. The summed E-state index contributed by atoms with van der Waals surface area (Å²) in [5, 5.41) is 2.22. The van der Waals surface area contributed by atoms with Gasteiger partial charge in [-0.05, 0) is 76.6 Å². The van der Waals surface area contributed by atoms with Gasteiger partial charge in [0.2, 0.25) is 0 Å². The third kappa shape index (κ3) is 6.24. The van der Waals surface area contributed by atoms with Crippen molar-refractivity contribution in [3.8, 4) is 20.4 Å². The average molecular weight is 485 g/mol. The summed E-state index contributed by atoms with van der Waals surface area (Å²) >= 11 is 5.62. The van der Waals surface area contributed by atoms with E-state index in [0.29, 0.717) is 23.7 Å². The highest BCUT2D eigenvalue weighted by molar-refractivity contribution is 7.22. The maximum absolute atomic E-state index is 5.62. The Labute approximate surface area is 206 Å². The lowest BCUT2D eigenvalue weighted by Crippen LogP contribution is -1.81. The molecule has 4 heteroatoms. The Bertz CT molecular complexity index is 924. The van der Waals surface area contributed by atoms with Crippen molar-refractivity contribution in [1.29, 1.82) is 0 Å². The summed E-state index contributed by atoms with van der Waals surface area (Å²) in [4.78, 5) is 7.03. The van der Waals surface area contributed by atoms with E-state index in [2.05, 4.69) is 97.2 Å². The van der Waals surface area contributed by atoms with Gasteiger partial charge in [-0.1, -0.05) is 55.4 Å². The molecule has 0 atom stereocenters. The normalized spacial score (nSPS) is 11.6. The van der Waals surface area contributed by atoms with Gasteiger partial charge < -0.3 is 4.42 Å². The minimum atomic E-state index is 0.530. The van der Waals surface area contributed by atoms with Crippen LogP contribution in [0.2, 0.25) is 0 Å². The number of hydrogen-bond donors (Lipinski definition) is 0. The van der Waals surface area contributed by atoms with Gasteiger partial charge in [-0.2, -0.15) is 0 Å². The van der Waals surface area contributed by atoms with Crippen molar-refractivity contribution < 1.29 is 4.42 Å². The molecule has 0 bridgehead atoms. The first-order valence-electron chi connectivity index (χ1n) is 11.5. The van der Waals surface area contributed by atoms with Crippen molar-refractivity contribution in [3.05, 3.63) is 68.9 Å². The fourth-order valence-corrected chi connectivity index (χ4v) is 6.30. The molecule has 0 unspecified atom stereocenters. The summed E-state index contributed by atoms with van der Waals surface area (Å²) in [6.07, 6.45) is 1.87. The van der Waals surface area contributed by atoms with Crippen LogP contribution in [0, 0.1) is 0 Å². The number of thiophene rings is 3. The van der Waals surface area contributed by atoms with Crippen LogP contribution in [0.25, 0.3) is 20.4 Å². The number of rotatable bonds is 6. The Hall–Kier alpha value is -1.62. The summed E-state index contributed by atoms with van der Waals surface area (Å²) in [5.74, 6) is 3.40. The fourth-order valence-electron chi connectivity index (χ4n) is 3.16. The molecule has 0 N–H and O–H groups in total. The van der Waals surface area contributed by atoms with Crippen LogP contribution in [0.15, 0.2) is 52.5 Å². The highest BCUT2D eigenvalue weighted by Gasteiger charge is 2.11. The molecule has 32 heavy (non-hydrogen) atoms. The lowest BCUT2D eigenvalue weighted by molar-refractivity contribution is 0.577. The van der Waals surface area contributed by atoms with Crippen molar-refractivity contribution in [2.75, 3.05) is 0 Å². The van der Waals surface area contributed by atoms with Crippen molar-refractivity contribution in [1.82, 2.24) is 0 Å². The molecule has 0 saturated carbocycles. The highest BCUT2D eigenvalue weighted by Crippen LogP contribution is 2.37. The molecule has 4 aromatic heterocycles. The monoisotopic (exact) mass is 484 g/mol. The predicted octanol–water partition coefficient (Wildman–Crippen LogP) is 11.0. The molecule has 4 rings (SSSR count). The zero-order valence-corrected chi connectivity index (χ0v) is 23.0. The molecule has 172 valence electrons. The van der Waals surface area contributed by atoms with Crippen molar-refractivity contribution in [2.45, 2.75) is 79.1 Å². The Balaban J connectivity index is 0.000000181. The third-order valence-electron chi connectivity index (χ3n) is 5.45. The standard InChI is InChI=1S/C14H18OS.C14H18S2/c1-9(2)11-5-13(15-7-11)14-6-12(8-16-14)10(3)4;1-9(2)11-5-7-13(15-11)14-8-6-12(16-14)10(3)4/h2*5-10H,1-4H3. The lowest BCUT2D eigenvalue weighted by Gasteiger charge is -1.98. The second kappa shape index (κ2) is 11.0. The number of furan rings is 1. The van der Waals surface area contributed by atoms with Gasteiger partial charge in [0, 0.05) is 19.5 Å². The van der Waals surface area contributed by atoms with Gasteiger partial charge in [-0.3, -0.25) is 0 Å². The first-order chi connectivity index (χ1) is 15.2. The summed E-state index contributed by atoms with van der Waals surface area (Å²) in [7, 11) is 0. The average Bonchev–Trinajstić information content (AvgIpc) is 3.54. The van der Waals surface area contributed by atoms with Gasteiger partial charge in [-0.15, -0.1) is 34.0 Å². The van der Waals surface area contributed by atoms with Crippen LogP contribution >= 0.6 is 34.0 Å². The van der Waals surface area contributed by atoms with Gasteiger partial charge in [0.1, 0.15) is 5.76 Å². The SMILES string of the molecule is CC(C)c1ccc(-c2ccc(C(C)C)s2)s1.CC(C)c1coc(-c2cc(C(C)C)cs2)c1. The van der Waals surface area contributed by atoms with E-state index in [4.69, 9.17) is 4.42 Å². The van der Waals surface area contributed by atoms with E-state index in [0.717, 1.165) is 5.76 Å². The summed E-state index contributed by atoms with van der Waals surface area (Å²) < 4.78 is 5.62. The second-order valence-electron chi connectivity index (χ2n) is 9.51. The minimum Gasteiger partial charge on any atom is -0.463 e. The lowest BCUT2D eigenvalue weighted by atomic mass is 10.1. The van der Waals surface area contributed by atoms with Crippen LogP contribution in [0.4, 0.5) is 0 Å². The quantitative estimate of drug-likeness (QED) is 0.265. The molecule has 0 aliphatic heterocycles. The number of hydrogen-bond acceptors (Lipinski definition) is 4. The molecule has 0 amide bonds. The fraction of sp³-hybridized carbons (Fsp3) is 0.429. The second-order valence-corrected chi connectivity index (χ2v) is 12.7. The molecule has 0 aliphatic carbocycles. The molecule has 0 radical (unpaired) electrons. The van der Waals surface area contributed by atoms with E-state index < -0.39 is 0 Å². The smallest absolute Gasteiger partial charge is 0.144 e. The molecule has 4 aromatic rings. The van der Waals surface area contributed by atoms with Crippen LogP contribution in [0.5, 0.6) is 0 Å². The van der Waals surface area contributed by atoms with Crippen LogP contribution < -0.4 is 0 Å². The maximum atomic E-state index is 5.62. The van der Waals surface area contributed by atoms with Crippen LogP contribution in [-0.2, 0) is 0 Å². The Morgan fingerprint density at radius 2 is 1.12 bits per heavy atom. The first kappa shape index (κ1) is 25.0. The molecule has 0 fully saturated rings. The van der Waals surface area contributed by atoms with E-state index in [1.807, 2.05) is 28.9 Å². The third-order valence-corrected chi connectivity index (χ3v) is 9.38. The minimum absolute atomic E-state index is 0.530. The van der Waals surface area contributed by atoms with E-state index in [-0.39, 0.29) is 0 Å². The Morgan fingerprint density at radius 3 is 1.50 bits per heavy atom. The van der Waals surface area contributed by atoms with Crippen molar-refractivity contribution >= 4 is 34.0 Å². The van der Waals surface area contributed by atoms with Crippen LogP contribution in [-0.4, -0.2) is 0 Å². The topological polar surface area (TPSA) is 13.1 Å². The molecule has 0 aliphatic rings. The zero-order chi connectivity index (χ0) is 23.4. The van der Waals surface area contributed by atoms with Crippen molar-refractivity contribution in [2.24, 2.45) is 0 Å². The molecule has 1 nitrogen and oxygen atoms in total. The summed E-state index contributed by atoms with van der Waals surface area (Å²) in [5.41, 5.74) is 2.66. The zero-order valence-electron chi connectivity index (χ0n) is 20.6. The highest BCUT2D eigenvalue weighted by atomic mass is 32.1. The summed E-state index contributed by atoms with van der Waals surface area (Å²) in [6, 6.07) is 13.4. The van der Waals surface area contributed by atoms with Gasteiger partial charge in [0.25, 0.3) is 0 Å². The largest absolute Gasteiger partial charge is 0.463 e. The molecular weight excluding hydrogens is 449 g/mol. The molecule has 4 heterocycles. The van der Waals surface area contributed by atoms with E-state index >= 15 is 0 Å². The molecule has 0 aromatic carbocycles. The van der Waals surface area contributed by atoms with Gasteiger partial charge >= 0.3 is 0 Å². The van der Waals surface area contributed by atoms with E-state index in [1.54, 1.807) is 11.3 Å². The van der Waals surface area contributed by atoms with Crippen LogP contribution in [0.1, 0.15) is 99.9 Å². The maximum Gasteiger partial charge on any atom is 0.144 e. The molecule has 0 saturated heterocycles. The van der Waals surface area contributed by atoms with E-state index in [1.165, 1.54) is 35.5 Å². The summed E-state index contributed by atoms with van der Waals surface area (Å²) in [6.45, 7) is 17.8. The van der Waals surface area contributed by atoms with Crippen LogP contribution in [0.3, 0.4) is 0 Å². The Kier molecular flexibility index (Phi) is 8.60. The molecular formula is C28H36OS3. The van der Waals surface area contributed by atoms with Crippen molar-refractivity contribution in [3.63, 3.8) is 0 Å².